The molecule has 1 aliphatic rings. The molecule has 1 fully saturated rings. The zero-order valence-electron chi connectivity index (χ0n) is 12.2. The molecule has 0 saturated heterocycles. The quantitative estimate of drug-likeness (QED) is 0.753. The molecule has 1 N–H and O–H groups in total. The molecular weight excluding hydrogens is 323 g/mol. The molecule has 0 heterocycles. The molecule has 0 aromatic carbocycles. The smallest absolute Gasteiger partial charge is 0.480 e. The van der Waals surface area contributed by atoms with Gasteiger partial charge in [0.25, 0.3) is 0 Å². The largest absolute Gasteiger partial charge is 0.511 e. The molecule has 9 heteroatoms. The van der Waals surface area contributed by atoms with Crippen LogP contribution < -0.4 is 0 Å². The van der Waals surface area contributed by atoms with Crippen molar-refractivity contribution in [1.29, 1.82) is 0 Å². The molecule has 0 spiro atoms. The van der Waals surface area contributed by atoms with Crippen LogP contribution in [0.2, 0.25) is 0 Å². The van der Waals surface area contributed by atoms with Gasteiger partial charge >= 0.3 is 21.5 Å². The lowest BCUT2D eigenvalue weighted by Crippen LogP contribution is -2.48. The van der Waals surface area contributed by atoms with E-state index in [9.17, 15) is 26.4 Å². The lowest BCUT2D eigenvalue weighted by atomic mass is 9.89. The zero-order chi connectivity index (χ0) is 17.0. The van der Waals surface area contributed by atoms with Gasteiger partial charge in [0.2, 0.25) is 0 Å². The maximum atomic E-state index is 12.6. The number of hydrogen-bond acceptors (Lipinski definition) is 3. The number of carboxylic acid groups (broad SMARTS) is 1. The summed E-state index contributed by atoms with van der Waals surface area (Å²) in [6.45, 7) is 0.311. The molecule has 1 aliphatic carbocycles. The first-order valence-electron chi connectivity index (χ1n) is 7.05. The molecular formula is C13H20F3NO4S. The number of sulfonamides is 1. The van der Waals surface area contributed by atoms with Crippen LogP contribution in [-0.2, 0) is 14.8 Å². The molecule has 128 valence electrons. The van der Waals surface area contributed by atoms with Crippen molar-refractivity contribution in [3.63, 3.8) is 0 Å². The van der Waals surface area contributed by atoms with Crippen LogP contribution in [0, 0.1) is 5.92 Å². The van der Waals surface area contributed by atoms with Gasteiger partial charge in [-0.2, -0.15) is 17.5 Å². The Kier molecular flexibility index (Phi) is 6.42. The highest BCUT2D eigenvalue weighted by atomic mass is 32.2. The fourth-order valence-corrected chi connectivity index (χ4v) is 3.46. The van der Waals surface area contributed by atoms with E-state index >= 15 is 0 Å². The summed E-state index contributed by atoms with van der Waals surface area (Å²) in [5.41, 5.74) is -5.52. The molecule has 1 saturated carbocycles. The third kappa shape index (κ3) is 4.70. The summed E-state index contributed by atoms with van der Waals surface area (Å²) in [7, 11) is -5.68. The van der Waals surface area contributed by atoms with Gasteiger partial charge in [0, 0.05) is 6.54 Å². The Balaban J connectivity index is 2.87. The molecule has 22 heavy (non-hydrogen) atoms. The molecule has 0 aromatic heterocycles. The minimum atomic E-state index is -5.68. The molecule has 0 radical (unpaired) electrons. The highest BCUT2D eigenvalue weighted by molar-refractivity contribution is 7.90. The summed E-state index contributed by atoms with van der Waals surface area (Å²) in [5, 5.41) is 8.83. The van der Waals surface area contributed by atoms with Crippen LogP contribution in [0.25, 0.3) is 0 Å². The number of alkyl halides is 3. The molecule has 0 aliphatic heterocycles. The predicted octanol–water partition coefficient (Wildman–Crippen LogP) is 2.75. The van der Waals surface area contributed by atoms with E-state index < -0.39 is 34.1 Å². The number of hydrogen-bond donors (Lipinski definition) is 1. The number of halogens is 3. The van der Waals surface area contributed by atoms with E-state index in [4.69, 9.17) is 5.11 Å². The monoisotopic (exact) mass is 343 g/mol. The maximum absolute atomic E-state index is 12.6. The fraction of sp³-hybridized carbons (Fsp3) is 0.769. The van der Waals surface area contributed by atoms with Crippen molar-refractivity contribution in [1.82, 2.24) is 4.31 Å². The average molecular weight is 343 g/mol. The highest BCUT2D eigenvalue weighted by Crippen LogP contribution is 2.29. The second kappa shape index (κ2) is 7.45. The molecule has 1 unspecified atom stereocenters. The van der Waals surface area contributed by atoms with Crippen LogP contribution >= 0.6 is 0 Å². The van der Waals surface area contributed by atoms with Gasteiger partial charge in [-0.25, -0.2) is 8.42 Å². The van der Waals surface area contributed by atoms with Crippen molar-refractivity contribution in [3.8, 4) is 0 Å². The summed E-state index contributed by atoms with van der Waals surface area (Å²) >= 11 is 0. The van der Waals surface area contributed by atoms with Gasteiger partial charge in [-0.3, -0.25) is 4.79 Å². The van der Waals surface area contributed by atoms with E-state index in [1.165, 1.54) is 6.08 Å². The Labute approximate surface area is 127 Å². The third-order valence-electron chi connectivity index (χ3n) is 3.73. The van der Waals surface area contributed by atoms with Crippen LogP contribution in [0.3, 0.4) is 0 Å². The van der Waals surface area contributed by atoms with Gasteiger partial charge in [-0.15, -0.1) is 0 Å². The summed E-state index contributed by atoms with van der Waals surface area (Å²) in [5.74, 6) is -1.41. The molecule has 0 bridgehead atoms. The van der Waals surface area contributed by atoms with Gasteiger partial charge in [0.05, 0.1) is 0 Å². The Morgan fingerprint density at radius 2 is 1.86 bits per heavy atom. The molecule has 5 nitrogen and oxygen atoms in total. The van der Waals surface area contributed by atoms with Crippen molar-refractivity contribution >= 4 is 16.0 Å². The van der Waals surface area contributed by atoms with Crippen molar-refractivity contribution in [3.05, 3.63) is 12.2 Å². The van der Waals surface area contributed by atoms with Gasteiger partial charge < -0.3 is 5.11 Å². The summed E-state index contributed by atoms with van der Waals surface area (Å²) in [6, 6.07) is -1.79. The van der Waals surface area contributed by atoms with Crippen LogP contribution in [-0.4, -0.2) is 41.9 Å². The standard InChI is InChI=1S/C13H20F3NO4S/c1-10(12(18)19)17(22(20,21)13(14,15)16)9-5-8-11-6-3-2-4-7-11/h5,8,10-11H,2-4,6-7,9H2,1H3,(H,18,19)/b8-5+. The second-order valence-electron chi connectivity index (χ2n) is 5.36. The van der Waals surface area contributed by atoms with Crippen molar-refractivity contribution in [2.75, 3.05) is 6.54 Å². The van der Waals surface area contributed by atoms with Gasteiger partial charge in [0.1, 0.15) is 6.04 Å². The Bertz CT molecular complexity index is 510. The van der Waals surface area contributed by atoms with Crippen LogP contribution in [0.15, 0.2) is 12.2 Å². The molecule has 0 amide bonds. The number of allylic oxidation sites excluding steroid dienone is 1. The molecule has 1 rings (SSSR count). The Morgan fingerprint density at radius 3 is 2.32 bits per heavy atom. The number of carbonyl (C=O) groups is 1. The molecule has 0 aromatic rings. The van der Waals surface area contributed by atoms with Gasteiger partial charge in [-0.05, 0) is 25.7 Å². The van der Waals surface area contributed by atoms with Crippen LogP contribution in [0.1, 0.15) is 39.0 Å². The minimum Gasteiger partial charge on any atom is -0.480 e. The zero-order valence-corrected chi connectivity index (χ0v) is 13.0. The topological polar surface area (TPSA) is 74.7 Å². The van der Waals surface area contributed by atoms with E-state index in [1.54, 1.807) is 6.08 Å². The lowest BCUT2D eigenvalue weighted by Gasteiger charge is -2.25. The van der Waals surface area contributed by atoms with E-state index in [0.717, 1.165) is 39.0 Å². The maximum Gasteiger partial charge on any atom is 0.511 e. The highest BCUT2D eigenvalue weighted by Gasteiger charge is 2.52. The van der Waals surface area contributed by atoms with Gasteiger partial charge in [0.15, 0.2) is 0 Å². The normalized spacial score (nSPS) is 19.7. The average Bonchev–Trinajstić information content (AvgIpc) is 2.42. The third-order valence-corrected chi connectivity index (χ3v) is 5.40. The SMILES string of the molecule is CC(C(=O)O)N(C/C=C/C1CCCCC1)S(=O)(=O)C(F)(F)F. The first-order valence-corrected chi connectivity index (χ1v) is 8.49. The summed E-state index contributed by atoms with van der Waals surface area (Å²) in [4.78, 5) is 10.9. The number of carboxylic acids is 1. The summed E-state index contributed by atoms with van der Waals surface area (Å²) < 4.78 is 60.9. The van der Waals surface area contributed by atoms with E-state index in [0.29, 0.717) is 0 Å². The first-order chi connectivity index (χ1) is 10.1. The Morgan fingerprint density at radius 1 is 1.32 bits per heavy atom. The van der Waals surface area contributed by atoms with Crippen molar-refractivity contribution in [2.24, 2.45) is 5.92 Å². The number of nitrogens with zero attached hydrogens (tertiary/aromatic N) is 1. The summed E-state index contributed by atoms with van der Waals surface area (Å²) in [6.07, 6.45) is 8.02. The van der Waals surface area contributed by atoms with E-state index in [-0.39, 0.29) is 10.2 Å². The van der Waals surface area contributed by atoms with E-state index in [1.807, 2.05) is 0 Å². The lowest BCUT2D eigenvalue weighted by molar-refractivity contribution is -0.141. The van der Waals surface area contributed by atoms with Crippen LogP contribution in [0.4, 0.5) is 13.2 Å². The number of aliphatic carboxylic acids is 1. The Hall–Kier alpha value is -1.09. The minimum absolute atomic E-state index is 0.0331. The van der Waals surface area contributed by atoms with Crippen LogP contribution in [0.5, 0.6) is 0 Å². The number of rotatable bonds is 6. The van der Waals surface area contributed by atoms with Crippen molar-refractivity contribution in [2.45, 2.75) is 50.6 Å². The predicted molar refractivity (Wildman–Crippen MR) is 74.5 cm³/mol. The van der Waals surface area contributed by atoms with Crippen molar-refractivity contribution < 1.29 is 31.5 Å². The molecule has 1 atom stereocenters. The second-order valence-corrected chi connectivity index (χ2v) is 7.24. The first kappa shape index (κ1) is 19.0. The van der Waals surface area contributed by atoms with E-state index in [2.05, 4.69) is 0 Å². The van der Waals surface area contributed by atoms with Gasteiger partial charge in [-0.1, -0.05) is 31.4 Å². The fourth-order valence-electron chi connectivity index (χ4n) is 2.40.